The van der Waals surface area contributed by atoms with Crippen molar-refractivity contribution in [3.63, 3.8) is 0 Å². The third-order valence-corrected chi connectivity index (χ3v) is 6.14. The molecule has 0 aliphatic carbocycles. The van der Waals surface area contributed by atoms with Gasteiger partial charge in [-0.25, -0.2) is 17.9 Å². The minimum Gasteiger partial charge on any atom is -0.760 e. The molecule has 0 amide bonds. The molecule has 1 fully saturated rings. The molecule has 2 aromatic carbocycles. The number of ketones is 1. The highest BCUT2D eigenvalue weighted by Gasteiger charge is 2.25. The van der Waals surface area contributed by atoms with E-state index in [1.807, 2.05) is 6.07 Å². The van der Waals surface area contributed by atoms with Crippen LogP contribution in [0.25, 0.3) is 10.9 Å². The van der Waals surface area contributed by atoms with Crippen molar-refractivity contribution < 1.29 is 26.7 Å². The number of nitrogens with one attached hydrogen (secondary N) is 1. The van der Waals surface area contributed by atoms with Gasteiger partial charge in [-0.3, -0.25) is 14.0 Å². The summed E-state index contributed by atoms with van der Waals surface area (Å²) in [6.45, 7) is 1.82. The molecular weight excluding hydrogens is 455 g/mol. The third-order valence-electron chi connectivity index (χ3n) is 5.70. The SMILES string of the molecule is O=C(c1ccc2ncc(N3CCCC3)cc2c1)c1c(F)c(F)cc(CCCNS(=O)[O-])c1F. The van der Waals surface area contributed by atoms with Gasteiger partial charge in [0.15, 0.2) is 17.4 Å². The predicted octanol–water partition coefficient (Wildman–Crippen LogP) is 3.80. The van der Waals surface area contributed by atoms with Gasteiger partial charge in [0, 0.05) is 41.9 Å². The molecule has 0 radical (unpaired) electrons. The number of nitrogens with zero attached hydrogens (tertiary/aromatic N) is 2. The van der Waals surface area contributed by atoms with Crippen LogP contribution >= 0.6 is 0 Å². The van der Waals surface area contributed by atoms with Gasteiger partial charge in [0.25, 0.3) is 0 Å². The van der Waals surface area contributed by atoms with E-state index in [1.165, 1.54) is 12.1 Å². The van der Waals surface area contributed by atoms with Crippen molar-refractivity contribution in [1.29, 1.82) is 0 Å². The van der Waals surface area contributed by atoms with Gasteiger partial charge in [-0.15, -0.1) is 0 Å². The van der Waals surface area contributed by atoms with Crippen molar-refractivity contribution in [2.75, 3.05) is 24.5 Å². The van der Waals surface area contributed by atoms with Crippen LogP contribution in [0.5, 0.6) is 0 Å². The zero-order valence-electron chi connectivity index (χ0n) is 17.6. The van der Waals surface area contributed by atoms with Crippen molar-refractivity contribution in [3.05, 3.63) is 70.7 Å². The molecule has 174 valence electrons. The Kier molecular flexibility index (Phi) is 7.06. The van der Waals surface area contributed by atoms with Gasteiger partial charge in [-0.1, -0.05) is 0 Å². The molecule has 10 heteroatoms. The Hall–Kier alpha value is -2.82. The average molecular weight is 477 g/mol. The largest absolute Gasteiger partial charge is 0.760 e. The predicted molar refractivity (Wildman–Crippen MR) is 118 cm³/mol. The van der Waals surface area contributed by atoms with E-state index >= 15 is 4.39 Å². The maximum absolute atomic E-state index is 15.0. The molecule has 1 N–H and O–H groups in total. The monoisotopic (exact) mass is 476 g/mol. The molecule has 1 aliphatic heterocycles. The Morgan fingerprint density at radius 3 is 2.61 bits per heavy atom. The lowest BCUT2D eigenvalue weighted by molar-refractivity contribution is 0.102. The lowest BCUT2D eigenvalue weighted by atomic mass is 9.96. The zero-order valence-corrected chi connectivity index (χ0v) is 18.4. The Morgan fingerprint density at radius 2 is 1.88 bits per heavy atom. The molecule has 0 spiro atoms. The van der Waals surface area contributed by atoms with E-state index in [4.69, 9.17) is 0 Å². The first-order valence-corrected chi connectivity index (χ1v) is 11.6. The van der Waals surface area contributed by atoms with Crippen LogP contribution in [0.4, 0.5) is 18.9 Å². The van der Waals surface area contributed by atoms with Crippen LogP contribution in [0.15, 0.2) is 36.5 Å². The number of hydrogen-bond acceptors (Lipinski definition) is 5. The van der Waals surface area contributed by atoms with Crippen molar-refractivity contribution in [2.24, 2.45) is 0 Å². The summed E-state index contributed by atoms with van der Waals surface area (Å²) in [5.41, 5.74) is 0.379. The summed E-state index contributed by atoms with van der Waals surface area (Å²) in [4.78, 5) is 19.6. The Balaban J connectivity index is 1.65. The van der Waals surface area contributed by atoms with E-state index in [0.717, 1.165) is 31.6 Å². The van der Waals surface area contributed by atoms with Crippen LogP contribution in [0.2, 0.25) is 0 Å². The van der Waals surface area contributed by atoms with E-state index in [-0.39, 0.29) is 30.5 Å². The van der Waals surface area contributed by atoms with Crippen molar-refractivity contribution in [1.82, 2.24) is 9.71 Å². The molecule has 33 heavy (non-hydrogen) atoms. The molecule has 2 heterocycles. The minimum atomic E-state index is -2.48. The Bertz CT molecular complexity index is 1230. The van der Waals surface area contributed by atoms with Crippen LogP contribution in [0, 0.1) is 17.5 Å². The molecule has 1 aromatic heterocycles. The average Bonchev–Trinajstić information content (AvgIpc) is 3.34. The smallest absolute Gasteiger partial charge is 0.199 e. The van der Waals surface area contributed by atoms with E-state index in [1.54, 1.807) is 12.3 Å². The summed E-state index contributed by atoms with van der Waals surface area (Å²) in [6.07, 6.45) is 3.99. The van der Waals surface area contributed by atoms with Gasteiger partial charge < -0.3 is 9.45 Å². The normalized spacial score (nSPS) is 14.7. The summed E-state index contributed by atoms with van der Waals surface area (Å²) >= 11 is -2.48. The van der Waals surface area contributed by atoms with Crippen molar-refractivity contribution in [3.8, 4) is 0 Å². The molecular formula is C23H21F3N3O3S-. The van der Waals surface area contributed by atoms with Crippen molar-refractivity contribution >= 4 is 33.6 Å². The number of aryl methyl sites for hydroxylation is 1. The number of rotatable bonds is 8. The highest BCUT2D eigenvalue weighted by molar-refractivity contribution is 7.77. The fraction of sp³-hybridized carbons (Fsp3) is 0.304. The number of benzene rings is 2. The summed E-state index contributed by atoms with van der Waals surface area (Å²) in [5.74, 6) is -5.01. The number of hydrogen-bond donors (Lipinski definition) is 1. The zero-order chi connectivity index (χ0) is 23.5. The second-order valence-corrected chi connectivity index (χ2v) is 8.64. The van der Waals surface area contributed by atoms with Crippen LogP contribution < -0.4 is 9.62 Å². The Morgan fingerprint density at radius 1 is 1.12 bits per heavy atom. The van der Waals surface area contributed by atoms with Crippen molar-refractivity contribution in [2.45, 2.75) is 25.7 Å². The quantitative estimate of drug-likeness (QED) is 0.231. The maximum Gasteiger partial charge on any atom is 0.199 e. The van der Waals surface area contributed by atoms with Gasteiger partial charge in [-0.05, 0) is 61.6 Å². The first-order chi connectivity index (χ1) is 15.8. The lowest BCUT2D eigenvalue weighted by Crippen LogP contribution is -2.18. The standard InChI is InChI=1S/C23H22F3N3O3S/c24-18-12-14(4-3-7-28-33(31)32)21(25)20(22(18)26)23(30)15-5-6-19-16(10-15)11-17(13-27-19)29-8-1-2-9-29/h5-6,10-13,28H,1-4,7-9H2,(H,31,32)/p-1. The van der Waals surface area contributed by atoms with E-state index < -0.39 is 40.1 Å². The molecule has 0 saturated carbocycles. The number of carbonyl (C=O) groups is 1. The molecule has 0 bridgehead atoms. The molecule has 1 unspecified atom stereocenters. The lowest BCUT2D eigenvalue weighted by Gasteiger charge is -2.17. The van der Waals surface area contributed by atoms with Crippen LogP contribution in [-0.4, -0.2) is 39.2 Å². The van der Waals surface area contributed by atoms with Crippen LogP contribution in [0.1, 0.15) is 40.7 Å². The molecule has 1 aliphatic rings. The first-order valence-electron chi connectivity index (χ1n) is 10.5. The topological polar surface area (TPSA) is 85.4 Å². The summed E-state index contributed by atoms with van der Waals surface area (Å²) < 4.78 is 66.9. The molecule has 4 rings (SSSR count). The highest BCUT2D eigenvalue weighted by atomic mass is 32.2. The first kappa shape index (κ1) is 23.3. The Labute approximate surface area is 191 Å². The summed E-state index contributed by atoms with van der Waals surface area (Å²) in [5, 5.41) is 0.638. The number of anilines is 1. The van der Waals surface area contributed by atoms with Gasteiger partial charge >= 0.3 is 0 Å². The molecule has 6 nitrogen and oxygen atoms in total. The maximum atomic E-state index is 15.0. The van der Waals surface area contributed by atoms with Gasteiger partial charge in [-0.2, -0.15) is 0 Å². The fourth-order valence-corrected chi connectivity index (χ4v) is 4.34. The summed E-state index contributed by atoms with van der Waals surface area (Å²) in [7, 11) is 0. The van der Waals surface area contributed by atoms with E-state index in [9.17, 15) is 22.3 Å². The molecule has 3 aromatic rings. The fourth-order valence-electron chi connectivity index (χ4n) is 4.03. The second kappa shape index (κ2) is 9.98. The van der Waals surface area contributed by atoms with Gasteiger partial charge in [0.1, 0.15) is 5.82 Å². The molecule has 1 saturated heterocycles. The van der Waals surface area contributed by atoms with Crippen LogP contribution in [0.3, 0.4) is 0 Å². The molecule has 1 atom stereocenters. The summed E-state index contributed by atoms with van der Waals surface area (Å²) in [6, 6.07) is 7.07. The van der Waals surface area contributed by atoms with E-state index in [2.05, 4.69) is 14.6 Å². The van der Waals surface area contributed by atoms with E-state index in [0.29, 0.717) is 17.0 Å². The third kappa shape index (κ3) is 5.07. The minimum absolute atomic E-state index is 0.00511. The second-order valence-electron chi connectivity index (χ2n) is 7.88. The number of fused-ring (bicyclic) bond motifs is 1. The van der Waals surface area contributed by atoms with Gasteiger partial charge in [0.05, 0.1) is 23.0 Å². The van der Waals surface area contributed by atoms with Crippen LogP contribution in [-0.2, 0) is 17.7 Å². The van der Waals surface area contributed by atoms with Gasteiger partial charge in [0.2, 0.25) is 0 Å². The number of halogens is 3. The highest BCUT2D eigenvalue weighted by Crippen LogP contribution is 2.27. The number of pyridine rings is 1. The number of carbonyl (C=O) groups excluding carboxylic acids is 1. The number of aromatic nitrogens is 1.